The van der Waals surface area contributed by atoms with E-state index in [1.807, 2.05) is 0 Å². The molecule has 0 radical (unpaired) electrons. The van der Waals surface area contributed by atoms with Gasteiger partial charge < -0.3 is 14.6 Å². The maximum absolute atomic E-state index is 12.2. The van der Waals surface area contributed by atoms with Crippen molar-refractivity contribution in [1.82, 2.24) is 25.2 Å². The molecule has 1 N–H and O–H groups in total. The third-order valence-corrected chi connectivity index (χ3v) is 3.79. The number of benzene rings is 1. The molecule has 0 saturated carbocycles. The first-order chi connectivity index (χ1) is 13.1. The second-order valence-corrected chi connectivity index (χ2v) is 5.91. The molecule has 0 unspecified atom stereocenters. The predicted molar refractivity (Wildman–Crippen MR) is 96.3 cm³/mol. The van der Waals surface area contributed by atoms with Crippen LogP contribution in [0.2, 0.25) is 5.02 Å². The zero-order valence-electron chi connectivity index (χ0n) is 14.4. The zero-order valence-corrected chi connectivity index (χ0v) is 15.1. The summed E-state index contributed by atoms with van der Waals surface area (Å²) in [6.45, 7) is 0.584. The summed E-state index contributed by atoms with van der Waals surface area (Å²) in [5.41, 5.74) is 0.489. The number of amides is 1. The fourth-order valence-electron chi connectivity index (χ4n) is 2.23. The van der Waals surface area contributed by atoms with Gasteiger partial charge in [0, 0.05) is 23.8 Å². The number of nitrogens with zero attached hydrogens (tertiary/aromatic N) is 4. The fraction of sp³-hybridized carbons (Fsp3) is 0.235. The highest BCUT2D eigenvalue weighted by atomic mass is 35.5. The molecule has 0 aliphatic carbocycles. The molecule has 3 aromatic rings. The molecule has 27 heavy (non-hydrogen) atoms. The van der Waals surface area contributed by atoms with Gasteiger partial charge in [0.1, 0.15) is 5.69 Å². The summed E-state index contributed by atoms with van der Waals surface area (Å²) in [7, 11) is 1.52. The molecule has 0 saturated heterocycles. The molecule has 0 fully saturated rings. The van der Waals surface area contributed by atoms with Crippen molar-refractivity contribution < 1.29 is 14.1 Å². The Morgan fingerprint density at radius 1 is 1.33 bits per heavy atom. The van der Waals surface area contributed by atoms with Crippen LogP contribution >= 0.6 is 11.6 Å². The molecule has 0 spiro atoms. The minimum Gasteiger partial charge on any atom is -0.383 e. The molecule has 0 aliphatic heterocycles. The van der Waals surface area contributed by atoms with E-state index in [0.717, 1.165) is 0 Å². The average Bonchev–Trinajstić information content (AvgIpc) is 3.14. The maximum atomic E-state index is 12.2. The van der Waals surface area contributed by atoms with Crippen molar-refractivity contribution in [3.63, 3.8) is 0 Å². The van der Waals surface area contributed by atoms with Gasteiger partial charge in [0.05, 0.1) is 19.7 Å². The molecule has 140 valence electrons. The van der Waals surface area contributed by atoms with Crippen LogP contribution in [0.4, 0.5) is 0 Å². The maximum Gasteiger partial charge on any atom is 0.272 e. The third-order valence-electron chi connectivity index (χ3n) is 3.56. The summed E-state index contributed by atoms with van der Waals surface area (Å²) in [5.74, 6) is 0.127. The summed E-state index contributed by atoms with van der Waals surface area (Å²) in [4.78, 5) is 28.2. The van der Waals surface area contributed by atoms with Gasteiger partial charge in [0.15, 0.2) is 0 Å². The van der Waals surface area contributed by atoms with E-state index in [1.54, 1.807) is 24.3 Å². The topological polar surface area (TPSA) is 112 Å². The summed E-state index contributed by atoms with van der Waals surface area (Å²) >= 11 is 5.95. The number of hydrogen-bond donors (Lipinski definition) is 1. The van der Waals surface area contributed by atoms with Gasteiger partial charge in [-0.05, 0) is 18.2 Å². The molecule has 2 aromatic heterocycles. The number of hydrogen-bond acceptors (Lipinski definition) is 7. The van der Waals surface area contributed by atoms with E-state index in [1.165, 1.54) is 23.9 Å². The van der Waals surface area contributed by atoms with Crippen LogP contribution in [0.5, 0.6) is 0 Å². The Balaban J connectivity index is 1.65. The number of ether oxygens (including phenoxy) is 1. The first-order valence-electron chi connectivity index (χ1n) is 8.00. The van der Waals surface area contributed by atoms with Gasteiger partial charge in [0.25, 0.3) is 11.5 Å². The van der Waals surface area contributed by atoms with E-state index in [4.69, 9.17) is 20.9 Å². The average molecular weight is 390 g/mol. The van der Waals surface area contributed by atoms with Crippen molar-refractivity contribution >= 4 is 17.5 Å². The van der Waals surface area contributed by atoms with E-state index in [0.29, 0.717) is 23.0 Å². The molecular formula is C17H16ClN5O4. The summed E-state index contributed by atoms with van der Waals surface area (Å²) in [5, 5.41) is 11.1. The number of halogens is 1. The number of rotatable bonds is 7. The highest BCUT2D eigenvalue weighted by Crippen LogP contribution is 2.19. The van der Waals surface area contributed by atoms with E-state index >= 15 is 0 Å². The number of carbonyl (C=O) groups is 1. The van der Waals surface area contributed by atoms with Crippen LogP contribution in [-0.4, -0.2) is 39.5 Å². The van der Waals surface area contributed by atoms with Crippen molar-refractivity contribution in [2.45, 2.75) is 13.1 Å². The Labute approximate surface area is 158 Å². The largest absolute Gasteiger partial charge is 0.383 e. The molecule has 3 rings (SSSR count). The minimum absolute atomic E-state index is 0.0191. The van der Waals surface area contributed by atoms with Gasteiger partial charge in [-0.3, -0.25) is 9.59 Å². The first kappa shape index (κ1) is 18.7. The van der Waals surface area contributed by atoms with Gasteiger partial charge in [0.2, 0.25) is 11.7 Å². The molecule has 10 heteroatoms. The normalized spacial score (nSPS) is 10.7. The summed E-state index contributed by atoms with van der Waals surface area (Å²) in [6, 6.07) is 9.66. The van der Waals surface area contributed by atoms with E-state index in [-0.39, 0.29) is 30.2 Å². The quantitative estimate of drug-likeness (QED) is 0.651. The Bertz CT molecular complexity index is 1000. The lowest BCUT2D eigenvalue weighted by Gasteiger charge is -2.06. The van der Waals surface area contributed by atoms with E-state index in [2.05, 4.69) is 20.6 Å². The van der Waals surface area contributed by atoms with Crippen molar-refractivity contribution in [3.05, 3.63) is 63.4 Å². The predicted octanol–water partition coefficient (Wildman–Crippen LogP) is 1.52. The number of aromatic nitrogens is 4. The monoisotopic (exact) mass is 389 g/mol. The van der Waals surface area contributed by atoms with Crippen molar-refractivity contribution in [2.24, 2.45) is 0 Å². The standard InChI is InChI=1S/C17H16ClN5O4/c1-26-8-7-23-15(24)6-5-13(21-23)17(25)19-10-14-20-16(22-27-14)11-3-2-4-12(18)9-11/h2-6,9H,7-8,10H2,1H3,(H,19,25). The molecule has 2 heterocycles. The lowest BCUT2D eigenvalue weighted by molar-refractivity contribution is 0.0937. The van der Waals surface area contributed by atoms with Gasteiger partial charge in [-0.2, -0.15) is 10.1 Å². The van der Waals surface area contributed by atoms with Gasteiger partial charge in [-0.15, -0.1) is 0 Å². The number of methoxy groups -OCH3 is 1. The lowest BCUT2D eigenvalue weighted by atomic mass is 10.2. The summed E-state index contributed by atoms with van der Waals surface area (Å²) < 4.78 is 11.2. The van der Waals surface area contributed by atoms with Gasteiger partial charge >= 0.3 is 0 Å². The highest BCUT2D eigenvalue weighted by molar-refractivity contribution is 6.30. The van der Waals surface area contributed by atoms with Crippen LogP contribution in [-0.2, 0) is 17.8 Å². The smallest absolute Gasteiger partial charge is 0.272 e. The van der Waals surface area contributed by atoms with Crippen molar-refractivity contribution in [1.29, 1.82) is 0 Å². The Morgan fingerprint density at radius 2 is 2.19 bits per heavy atom. The second kappa shape index (κ2) is 8.56. The van der Waals surface area contributed by atoms with E-state index < -0.39 is 5.91 Å². The van der Waals surface area contributed by atoms with Crippen LogP contribution in [0.3, 0.4) is 0 Å². The van der Waals surface area contributed by atoms with Crippen LogP contribution in [0.1, 0.15) is 16.4 Å². The molecule has 0 bridgehead atoms. The highest BCUT2D eigenvalue weighted by Gasteiger charge is 2.13. The van der Waals surface area contributed by atoms with Gasteiger partial charge in [-0.25, -0.2) is 4.68 Å². The zero-order chi connectivity index (χ0) is 19.2. The van der Waals surface area contributed by atoms with E-state index in [9.17, 15) is 9.59 Å². The lowest BCUT2D eigenvalue weighted by Crippen LogP contribution is -2.30. The third kappa shape index (κ3) is 4.78. The first-order valence-corrected chi connectivity index (χ1v) is 8.38. The fourth-order valence-corrected chi connectivity index (χ4v) is 2.42. The van der Waals surface area contributed by atoms with Crippen molar-refractivity contribution in [3.8, 4) is 11.4 Å². The second-order valence-electron chi connectivity index (χ2n) is 5.48. The number of carbonyl (C=O) groups excluding carboxylic acids is 1. The summed E-state index contributed by atoms with van der Waals surface area (Å²) in [6.07, 6.45) is 0. The van der Waals surface area contributed by atoms with Crippen LogP contribution < -0.4 is 10.9 Å². The Morgan fingerprint density at radius 3 is 2.96 bits per heavy atom. The molecule has 1 amide bonds. The van der Waals surface area contributed by atoms with Crippen molar-refractivity contribution in [2.75, 3.05) is 13.7 Å². The Kier molecular flexibility index (Phi) is 5.94. The molecule has 9 nitrogen and oxygen atoms in total. The minimum atomic E-state index is -0.469. The Hall–Kier alpha value is -3.04. The molecule has 1 aromatic carbocycles. The molecular weight excluding hydrogens is 374 g/mol. The molecule has 0 aliphatic rings. The van der Waals surface area contributed by atoms with Crippen LogP contribution in [0.25, 0.3) is 11.4 Å². The van der Waals surface area contributed by atoms with Crippen LogP contribution in [0.15, 0.2) is 45.7 Å². The number of nitrogens with one attached hydrogen (secondary N) is 1. The van der Waals surface area contributed by atoms with Crippen LogP contribution in [0, 0.1) is 0 Å². The SMILES string of the molecule is COCCn1nc(C(=O)NCc2nc(-c3cccc(Cl)c3)no2)ccc1=O. The molecule has 0 atom stereocenters. The van der Waals surface area contributed by atoms with Gasteiger partial charge in [-0.1, -0.05) is 28.9 Å².